The van der Waals surface area contributed by atoms with Gasteiger partial charge in [-0.2, -0.15) is 0 Å². The van der Waals surface area contributed by atoms with Gasteiger partial charge in [-0.05, 0) is 54.8 Å². The molecule has 2 aromatic carbocycles. The maximum absolute atomic E-state index is 12.7. The summed E-state index contributed by atoms with van der Waals surface area (Å²) in [6.07, 6.45) is 1.49. The Bertz CT molecular complexity index is 1000. The molecule has 0 unspecified atom stereocenters. The van der Waals surface area contributed by atoms with Crippen LogP contribution in [0, 0.1) is 13.8 Å². The first kappa shape index (κ1) is 19.3. The third-order valence-corrected chi connectivity index (χ3v) is 4.61. The number of carbonyl (C=O) groups excluding carboxylic acids is 2. The molecule has 5 nitrogen and oxygen atoms in total. The van der Waals surface area contributed by atoms with Crippen molar-refractivity contribution in [2.45, 2.75) is 20.4 Å². The standard InChI is InChI=1S/C23H23N3O2/c1-16-9-10-20(13-17(16)2)25-22(27)21-14-19(11-12-24-21)23(28)26(3)15-18-7-5-4-6-8-18/h4-14H,15H2,1-3H3,(H,25,27). The highest BCUT2D eigenvalue weighted by Gasteiger charge is 2.15. The number of pyridine rings is 1. The molecule has 0 aliphatic carbocycles. The summed E-state index contributed by atoms with van der Waals surface area (Å²) in [5, 5.41) is 2.84. The number of nitrogens with zero attached hydrogens (tertiary/aromatic N) is 2. The molecule has 0 aliphatic heterocycles. The van der Waals surface area contributed by atoms with Crippen molar-refractivity contribution >= 4 is 17.5 Å². The van der Waals surface area contributed by atoms with E-state index >= 15 is 0 Å². The molecular formula is C23H23N3O2. The molecule has 0 bridgehead atoms. The van der Waals surface area contributed by atoms with Crippen LogP contribution in [0.2, 0.25) is 0 Å². The van der Waals surface area contributed by atoms with Crippen molar-refractivity contribution in [3.05, 3.63) is 94.8 Å². The van der Waals surface area contributed by atoms with Crippen LogP contribution >= 0.6 is 0 Å². The Morgan fingerprint density at radius 2 is 1.71 bits per heavy atom. The molecule has 0 spiro atoms. The van der Waals surface area contributed by atoms with Crippen molar-refractivity contribution in [1.29, 1.82) is 0 Å². The highest BCUT2D eigenvalue weighted by atomic mass is 16.2. The smallest absolute Gasteiger partial charge is 0.274 e. The van der Waals surface area contributed by atoms with Gasteiger partial charge in [0.25, 0.3) is 11.8 Å². The van der Waals surface area contributed by atoms with Crippen LogP contribution in [-0.4, -0.2) is 28.7 Å². The molecule has 0 saturated heterocycles. The molecule has 5 heteroatoms. The van der Waals surface area contributed by atoms with Crippen LogP contribution in [0.25, 0.3) is 0 Å². The van der Waals surface area contributed by atoms with Crippen molar-refractivity contribution in [2.24, 2.45) is 0 Å². The fourth-order valence-corrected chi connectivity index (χ4v) is 2.85. The molecular weight excluding hydrogens is 350 g/mol. The van der Waals surface area contributed by atoms with E-state index in [1.807, 2.05) is 62.4 Å². The molecule has 3 aromatic rings. The molecule has 0 radical (unpaired) electrons. The molecule has 1 heterocycles. The Hall–Kier alpha value is -3.47. The molecule has 2 amide bonds. The van der Waals surface area contributed by atoms with Crippen molar-refractivity contribution in [3.63, 3.8) is 0 Å². The molecule has 142 valence electrons. The monoisotopic (exact) mass is 373 g/mol. The average molecular weight is 373 g/mol. The van der Waals surface area contributed by atoms with Gasteiger partial charge < -0.3 is 10.2 Å². The SMILES string of the molecule is Cc1ccc(NC(=O)c2cc(C(=O)N(C)Cc3ccccc3)ccn2)cc1C. The van der Waals surface area contributed by atoms with E-state index in [4.69, 9.17) is 0 Å². The molecule has 3 rings (SSSR count). The van der Waals surface area contributed by atoms with Gasteiger partial charge in [-0.25, -0.2) is 0 Å². The molecule has 0 atom stereocenters. The van der Waals surface area contributed by atoms with Gasteiger partial charge in [-0.15, -0.1) is 0 Å². The largest absolute Gasteiger partial charge is 0.337 e. The first-order valence-electron chi connectivity index (χ1n) is 9.08. The number of benzene rings is 2. The van der Waals surface area contributed by atoms with E-state index in [0.717, 1.165) is 16.7 Å². The van der Waals surface area contributed by atoms with Gasteiger partial charge in [0.15, 0.2) is 0 Å². The summed E-state index contributed by atoms with van der Waals surface area (Å²) in [5.41, 5.74) is 4.63. The quantitative estimate of drug-likeness (QED) is 0.728. The third kappa shape index (κ3) is 4.62. The van der Waals surface area contributed by atoms with E-state index in [2.05, 4.69) is 10.3 Å². The number of hydrogen-bond acceptors (Lipinski definition) is 3. The predicted molar refractivity (Wildman–Crippen MR) is 110 cm³/mol. The van der Waals surface area contributed by atoms with Crippen LogP contribution in [0.1, 0.15) is 37.5 Å². The van der Waals surface area contributed by atoms with Gasteiger partial charge in [0, 0.05) is 31.0 Å². The number of amides is 2. The lowest BCUT2D eigenvalue weighted by Gasteiger charge is -2.17. The van der Waals surface area contributed by atoms with Crippen LogP contribution in [0.15, 0.2) is 66.9 Å². The predicted octanol–water partition coefficient (Wildman–Crippen LogP) is 4.22. The summed E-state index contributed by atoms with van der Waals surface area (Å²) < 4.78 is 0. The van der Waals surface area contributed by atoms with E-state index in [9.17, 15) is 9.59 Å². The fourth-order valence-electron chi connectivity index (χ4n) is 2.85. The topological polar surface area (TPSA) is 62.3 Å². The highest BCUT2D eigenvalue weighted by Crippen LogP contribution is 2.16. The lowest BCUT2D eigenvalue weighted by molar-refractivity contribution is 0.0785. The van der Waals surface area contributed by atoms with E-state index in [0.29, 0.717) is 17.8 Å². The maximum atomic E-state index is 12.7. The lowest BCUT2D eigenvalue weighted by atomic mass is 10.1. The summed E-state index contributed by atoms with van der Waals surface area (Å²) in [6, 6.07) is 18.6. The molecule has 0 fully saturated rings. The summed E-state index contributed by atoms with van der Waals surface area (Å²) in [4.78, 5) is 31.0. The van der Waals surface area contributed by atoms with Gasteiger partial charge >= 0.3 is 0 Å². The normalized spacial score (nSPS) is 10.4. The van der Waals surface area contributed by atoms with Gasteiger partial charge in [0.1, 0.15) is 5.69 Å². The van der Waals surface area contributed by atoms with Gasteiger partial charge in [-0.3, -0.25) is 14.6 Å². The Kier molecular flexibility index (Phi) is 5.84. The highest BCUT2D eigenvalue weighted by molar-refractivity contribution is 6.04. The third-order valence-electron chi connectivity index (χ3n) is 4.61. The van der Waals surface area contributed by atoms with Gasteiger partial charge in [-0.1, -0.05) is 36.4 Å². The zero-order valence-electron chi connectivity index (χ0n) is 16.3. The van der Waals surface area contributed by atoms with E-state index in [1.165, 1.54) is 12.3 Å². The minimum absolute atomic E-state index is 0.161. The Labute approximate surface area is 165 Å². The molecule has 1 N–H and O–H groups in total. The van der Waals surface area contributed by atoms with Gasteiger partial charge in [0.2, 0.25) is 0 Å². The number of aryl methyl sites for hydroxylation is 2. The zero-order chi connectivity index (χ0) is 20.1. The van der Waals surface area contributed by atoms with Crippen LogP contribution in [0.4, 0.5) is 5.69 Å². The second kappa shape index (κ2) is 8.48. The maximum Gasteiger partial charge on any atom is 0.274 e. The van der Waals surface area contributed by atoms with Crippen molar-refractivity contribution in [3.8, 4) is 0 Å². The van der Waals surface area contributed by atoms with Crippen LogP contribution in [0.5, 0.6) is 0 Å². The number of anilines is 1. The minimum Gasteiger partial charge on any atom is -0.337 e. The number of aromatic nitrogens is 1. The second-order valence-electron chi connectivity index (χ2n) is 6.83. The summed E-state index contributed by atoms with van der Waals surface area (Å²) in [6.45, 7) is 4.50. The molecule has 0 aliphatic rings. The van der Waals surface area contributed by atoms with Crippen molar-refractivity contribution < 1.29 is 9.59 Å². The first-order chi connectivity index (χ1) is 13.4. The Balaban J connectivity index is 1.72. The van der Waals surface area contributed by atoms with Crippen LogP contribution in [-0.2, 0) is 6.54 Å². The summed E-state index contributed by atoms with van der Waals surface area (Å²) >= 11 is 0. The molecule has 0 saturated carbocycles. The summed E-state index contributed by atoms with van der Waals surface area (Å²) in [7, 11) is 1.74. The van der Waals surface area contributed by atoms with Gasteiger partial charge in [0.05, 0.1) is 0 Å². The number of nitrogens with one attached hydrogen (secondary N) is 1. The van der Waals surface area contributed by atoms with E-state index in [-0.39, 0.29) is 17.5 Å². The lowest BCUT2D eigenvalue weighted by Crippen LogP contribution is -2.26. The second-order valence-corrected chi connectivity index (χ2v) is 6.83. The summed E-state index contributed by atoms with van der Waals surface area (Å²) in [5.74, 6) is -0.505. The van der Waals surface area contributed by atoms with Crippen LogP contribution in [0.3, 0.4) is 0 Å². The molecule has 1 aromatic heterocycles. The van der Waals surface area contributed by atoms with Crippen molar-refractivity contribution in [1.82, 2.24) is 9.88 Å². The Morgan fingerprint density at radius 1 is 0.964 bits per heavy atom. The van der Waals surface area contributed by atoms with Crippen LogP contribution < -0.4 is 5.32 Å². The zero-order valence-corrected chi connectivity index (χ0v) is 16.3. The fraction of sp³-hybridized carbons (Fsp3) is 0.174. The number of hydrogen-bond donors (Lipinski definition) is 1. The average Bonchev–Trinajstić information content (AvgIpc) is 2.71. The van der Waals surface area contributed by atoms with E-state index in [1.54, 1.807) is 18.0 Å². The molecule has 28 heavy (non-hydrogen) atoms. The van der Waals surface area contributed by atoms with E-state index < -0.39 is 0 Å². The van der Waals surface area contributed by atoms with Crippen molar-refractivity contribution in [2.75, 3.05) is 12.4 Å². The Morgan fingerprint density at radius 3 is 2.43 bits per heavy atom. The number of carbonyl (C=O) groups is 2. The number of rotatable bonds is 5. The first-order valence-corrected chi connectivity index (χ1v) is 9.08. The minimum atomic E-state index is -0.344.